The van der Waals surface area contributed by atoms with E-state index in [1.807, 2.05) is 4.90 Å². The number of hydrogen-bond donors (Lipinski definition) is 1. The molecule has 1 amide bonds. The molecule has 3 nitrogen and oxygen atoms in total. The quantitative estimate of drug-likeness (QED) is 0.626. The van der Waals surface area contributed by atoms with Crippen LogP contribution in [0.3, 0.4) is 0 Å². The number of carbonyl (C=O) groups excluding carboxylic acids is 1. The molecule has 1 aliphatic heterocycles. The molecule has 0 radical (unpaired) electrons. The summed E-state index contributed by atoms with van der Waals surface area (Å²) in [6.07, 6.45) is 2.19. The predicted octanol–water partition coefficient (Wildman–Crippen LogP) is 0.594. The smallest absolute Gasteiger partial charge is 0.236 e. The molecule has 1 aliphatic rings. The second-order valence-electron chi connectivity index (χ2n) is 4.25. The zero-order chi connectivity index (χ0) is 9.19. The molecule has 3 heteroatoms. The highest BCUT2D eigenvalue weighted by Crippen LogP contribution is 2.29. The van der Waals surface area contributed by atoms with Crippen LogP contribution in [0.5, 0.6) is 0 Å². The lowest BCUT2D eigenvalue weighted by Crippen LogP contribution is -2.43. The molecule has 70 valence electrons. The van der Waals surface area contributed by atoms with Gasteiger partial charge in [0.05, 0.1) is 6.54 Å². The van der Waals surface area contributed by atoms with Crippen molar-refractivity contribution in [1.82, 2.24) is 4.90 Å². The fraction of sp³-hybridized carbons (Fsp3) is 0.889. The van der Waals surface area contributed by atoms with Gasteiger partial charge in [0.25, 0.3) is 0 Å². The van der Waals surface area contributed by atoms with Crippen molar-refractivity contribution in [3.63, 3.8) is 0 Å². The maximum absolute atomic E-state index is 11.2. The Morgan fingerprint density at radius 3 is 2.33 bits per heavy atom. The van der Waals surface area contributed by atoms with E-state index < -0.39 is 0 Å². The molecule has 0 aliphatic carbocycles. The number of nitrogens with two attached hydrogens (primary N) is 1. The van der Waals surface area contributed by atoms with Crippen LogP contribution < -0.4 is 5.73 Å². The van der Waals surface area contributed by atoms with Gasteiger partial charge in [-0.15, -0.1) is 0 Å². The molecule has 2 N–H and O–H groups in total. The van der Waals surface area contributed by atoms with Gasteiger partial charge in [0.2, 0.25) is 5.91 Å². The largest absolute Gasteiger partial charge is 0.342 e. The number of likely N-dealkylation sites (tertiary alicyclic amines) is 1. The van der Waals surface area contributed by atoms with Crippen molar-refractivity contribution in [3.05, 3.63) is 0 Å². The molecule has 0 unspecified atom stereocenters. The van der Waals surface area contributed by atoms with Crippen LogP contribution in [0.2, 0.25) is 0 Å². The van der Waals surface area contributed by atoms with E-state index in [9.17, 15) is 4.79 Å². The Bertz CT molecular complexity index is 167. The Balaban J connectivity index is 2.41. The summed E-state index contributed by atoms with van der Waals surface area (Å²) in [5.74, 6) is 0.0884. The Morgan fingerprint density at radius 1 is 1.42 bits per heavy atom. The van der Waals surface area contributed by atoms with Gasteiger partial charge in [-0.25, -0.2) is 0 Å². The summed E-state index contributed by atoms with van der Waals surface area (Å²) < 4.78 is 0. The highest BCUT2D eigenvalue weighted by molar-refractivity contribution is 5.78. The van der Waals surface area contributed by atoms with Gasteiger partial charge in [0.1, 0.15) is 0 Å². The number of amides is 1. The van der Waals surface area contributed by atoms with E-state index in [0.717, 1.165) is 25.9 Å². The molecule has 0 atom stereocenters. The van der Waals surface area contributed by atoms with Gasteiger partial charge < -0.3 is 10.6 Å². The fourth-order valence-electron chi connectivity index (χ4n) is 1.49. The van der Waals surface area contributed by atoms with E-state index in [1.165, 1.54) is 0 Å². The summed E-state index contributed by atoms with van der Waals surface area (Å²) in [5, 5.41) is 0. The average molecular weight is 170 g/mol. The van der Waals surface area contributed by atoms with Gasteiger partial charge in [-0.3, -0.25) is 4.79 Å². The van der Waals surface area contributed by atoms with Crippen LogP contribution in [0.25, 0.3) is 0 Å². The first-order valence-electron chi connectivity index (χ1n) is 4.53. The molecular weight excluding hydrogens is 152 g/mol. The number of rotatable bonds is 1. The monoisotopic (exact) mass is 170 g/mol. The van der Waals surface area contributed by atoms with Gasteiger partial charge in [0.15, 0.2) is 0 Å². The summed E-state index contributed by atoms with van der Waals surface area (Å²) in [7, 11) is 0. The van der Waals surface area contributed by atoms with Gasteiger partial charge >= 0.3 is 0 Å². The molecule has 0 spiro atoms. The predicted molar refractivity (Wildman–Crippen MR) is 48.6 cm³/mol. The molecule has 1 fully saturated rings. The van der Waals surface area contributed by atoms with E-state index in [0.29, 0.717) is 5.41 Å². The lowest BCUT2D eigenvalue weighted by molar-refractivity contribution is -0.131. The van der Waals surface area contributed by atoms with Crippen molar-refractivity contribution in [2.45, 2.75) is 26.7 Å². The molecule has 1 rings (SSSR count). The minimum absolute atomic E-state index is 0.0884. The van der Waals surface area contributed by atoms with Crippen LogP contribution in [-0.4, -0.2) is 30.4 Å². The summed E-state index contributed by atoms with van der Waals surface area (Å²) in [5.41, 5.74) is 5.69. The third-order valence-electron chi connectivity index (χ3n) is 2.64. The van der Waals surface area contributed by atoms with Crippen molar-refractivity contribution in [2.75, 3.05) is 19.6 Å². The molecule has 0 aromatic carbocycles. The molecule has 12 heavy (non-hydrogen) atoms. The van der Waals surface area contributed by atoms with E-state index in [4.69, 9.17) is 5.73 Å². The standard InChI is InChI=1S/C9H18N2O/c1-9(2)3-5-11(6-4-9)8(12)7-10/h3-7,10H2,1-2H3. The zero-order valence-electron chi connectivity index (χ0n) is 7.97. The van der Waals surface area contributed by atoms with Gasteiger partial charge in [-0.1, -0.05) is 13.8 Å². The van der Waals surface area contributed by atoms with E-state index in [-0.39, 0.29) is 12.5 Å². The minimum atomic E-state index is 0.0884. The van der Waals surface area contributed by atoms with Crippen molar-refractivity contribution in [3.8, 4) is 0 Å². The van der Waals surface area contributed by atoms with Crippen molar-refractivity contribution >= 4 is 5.91 Å². The van der Waals surface area contributed by atoms with E-state index in [1.54, 1.807) is 0 Å². The van der Waals surface area contributed by atoms with Gasteiger partial charge in [-0.2, -0.15) is 0 Å². The maximum atomic E-state index is 11.2. The minimum Gasteiger partial charge on any atom is -0.342 e. The number of piperidine rings is 1. The van der Waals surface area contributed by atoms with E-state index >= 15 is 0 Å². The fourth-order valence-corrected chi connectivity index (χ4v) is 1.49. The van der Waals surface area contributed by atoms with Crippen molar-refractivity contribution < 1.29 is 4.79 Å². The number of hydrogen-bond acceptors (Lipinski definition) is 2. The lowest BCUT2D eigenvalue weighted by atomic mass is 9.83. The molecule has 1 heterocycles. The van der Waals surface area contributed by atoms with Crippen LogP contribution in [0, 0.1) is 5.41 Å². The van der Waals surface area contributed by atoms with E-state index in [2.05, 4.69) is 13.8 Å². The third-order valence-corrected chi connectivity index (χ3v) is 2.64. The van der Waals surface area contributed by atoms with Gasteiger partial charge in [-0.05, 0) is 18.3 Å². The Morgan fingerprint density at radius 2 is 1.92 bits per heavy atom. The SMILES string of the molecule is CC1(C)CCN(C(=O)CN)CC1. The highest BCUT2D eigenvalue weighted by atomic mass is 16.2. The normalized spacial score (nSPS) is 22.4. The first kappa shape index (κ1) is 9.52. The maximum Gasteiger partial charge on any atom is 0.236 e. The summed E-state index contributed by atoms with van der Waals surface area (Å²) in [4.78, 5) is 13.0. The first-order chi connectivity index (χ1) is 5.55. The van der Waals surface area contributed by atoms with Crippen LogP contribution in [-0.2, 0) is 4.79 Å². The molecule has 1 saturated heterocycles. The van der Waals surface area contributed by atoms with Crippen LogP contribution in [0.1, 0.15) is 26.7 Å². The van der Waals surface area contributed by atoms with Gasteiger partial charge in [0, 0.05) is 13.1 Å². The van der Waals surface area contributed by atoms with Crippen LogP contribution in [0.15, 0.2) is 0 Å². The molecule has 0 aromatic rings. The summed E-state index contributed by atoms with van der Waals surface area (Å²) >= 11 is 0. The van der Waals surface area contributed by atoms with Crippen molar-refractivity contribution in [1.29, 1.82) is 0 Å². The summed E-state index contributed by atoms with van der Waals surface area (Å²) in [6.45, 7) is 6.40. The molecule has 0 aromatic heterocycles. The Labute approximate surface area is 73.9 Å². The second kappa shape index (κ2) is 3.44. The van der Waals surface area contributed by atoms with Crippen LogP contribution >= 0.6 is 0 Å². The number of nitrogens with zero attached hydrogens (tertiary/aromatic N) is 1. The molecular formula is C9H18N2O. The van der Waals surface area contributed by atoms with Crippen molar-refractivity contribution in [2.24, 2.45) is 11.1 Å². The first-order valence-corrected chi connectivity index (χ1v) is 4.53. The topological polar surface area (TPSA) is 46.3 Å². The molecule has 0 bridgehead atoms. The lowest BCUT2D eigenvalue weighted by Gasteiger charge is -2.36. The Hall–Kier alpha value is -0.570. The number of carbonyl (C=O) groups is 1. The molecule has 0 saturated carbocycles. The second-order valence-corrected chi connectivity index (χ2v) is 4.25. The third kappa shape index (κ3) is 2.21. The zero-order valence-corrected chi connectivity index (χ0v) is 7.97. The van der Waals surface area contributed by atoms with Crippen LogP contribution in [0.4, 0.5) is 0 Å². The average Bonchev–Trinajstić information content (AvgIpc) is 2.03. The Kier molecular flexibility index (Phi) is 2.73. The summed E-state index contributed by atoms with van der Waals surface area (Å²) in [6, 6.07) is 0. The highest BCUT2D eigenvalue weighted by Gasteiger charge is 2.26.